The smallest absolute Gasteiger partial charge is 0.101 e. The van der Waals surface area contributed by atoms with Gasteiger partial charge in [-0.1, -0.05) is 5.70 Å². The van der Waals surface area contributed by atoms with Gasteiger partial charge in [0.2, 0.25) is 0 Å². The molecule has 0 aromatic rings. The zero-order valence-electron chi connectivity index (χ0n) is 11.7. The molecule has 0 aliphatic carbocycles. The summed E-state index contributed by atoms with van der Waals surface area (Å²) in [6.45, 7) is 11.9. The van der Waals surface area contributed by atoms with Crippen LogP contribution in [-0.2, 0) is 14.5 Å². The number of ether oxygens (including phenoxy) is 1. The molecule has 0 saturated carbocycles. The van der Waals surface area contributed by atoms with Crippen LogP contribution >= 0.6 is 0 Å². The van der Waals surface area contributed by atoms with Crippen LogP contribution in [0.3, 0.4) is 0 Å². The van der Waals surface area contributed by atoms with Gasteiger partial charge < -0.3 is 4.74 Å². The SMILES string of the molecule is CC(CC(C)(C)OOC(C)(C)C)OC=C[SiH3]. The van der Waals surface area contributed by atoms with Gasteiger partial charge in [-0.15, -0.1) is 0 Å². The van der Waals surface area contributed by atoms with Gasteiger partial charge in [-0.25, -0.2) is 9.78 Å². The molecule has 0 aliphatic heterocycles. The lowest BCUT2D eigenvalue weighted by molar-refractivity contribution is -0.399. The fourth-order valence-electron chi connectivity index (χ4n) is 1.22. The molecule has 0 bridgehead atoms. The first-order valence-corrected chi connectivity index (χ1v) is 6.95. The predicted molar refractivity (Wildman–Crippen MR) is 70.2 cm³/mol. The molecule has 0 amide bonds. The third-order valence-electron chi connectivity index (χ3n) is 1.74. The van der Waals surface area contributed by atoms with Gasteiger partial charge in [0.05, 0.1) is 18.0 Å². The summed E-state index contributed by atoms with van der Waals surface area (Å²) in [4.78, 5) is 10.8. The highest BCUT2D eigenvalue weighted by Gasteiger charge is 2.26. The van der Waals surface area contributed by atoms with E-state index in [4.69, 9.17) is 14.5 Å². The van der Waals surface area contributed by atoms with Crippen LogP contribution in [-0.4, -0.2) is 27.5 Å². The molecule has 0 aromatic carbocycles. The van der Waals surface area contributed by atoms with Crippen molar-refractivity contribution >= 4 is 10.2 Å². The van der Waals surface area contributed by atoms with Crippen molar-refractivity contribution < 1.29 is 14.5 Å². The van der Waals surface area contributed by atoms with Crippen molar-refractivity contribution in [3.8, 4) is 0 Å². The van der Waals surface area contributed by atoms with E-state index in [-0.39, 0.29) is 17.3 Å². The Morgan fingerprint density at radius 1 is 1.12 bits per heavy atom. The molecule has 0 fully saturated rings. The Labute approximate surface area is 103 Å². The third kappa shape index (κ3) is 8.94. The molecule has 0 aromatic heterocycles. The molecule has 1 atom stereocenters. The molecule has 16 heavy (non-hydrogen) atoms. The second-order valence-electron chi connectivity index (χ2n) is 5.66. The molecule has 0 spiro atoms. The Bertz CT molecular complexity index is 219. The zero-order chi connectivity index (χ0) is 12.8. The van der Waals surface area contributed by atoms with E-state index in [2.05, 4.69) is 0 Å². The van der Waals surface area contributed by atoms with E-state index in [0.717, 1.165) is 16.7 Å². The summed E-state index contributed by atoms with van der Waals surface area (Å²) >= 11 is 0. The minimum Gasteiger partial charge on any atom is -0.499 e. The summed E-state index contributed by atoms with van der Waals surface area (Å²) in [5.74, 6) is 0. The second kappa shape index (κ2) is 6.42. The van der Waals surface area contributed by atoms with E-state index in [1.54, 1.807) is 6.26 Å². The van der Waals surface area contributed by atoms with Gasteiger partial charge in [-0.05, 0) is 41.5 Å². The molecule has 96 valence electrons. The van der Waals surface area contributed by atoms with Crippen molar-refractivity contribution in [3.05, 3.63) is 12.0 Å². The van der Waals surface area contributed by atoms with Gasteiger partial charge in [0.1, 0.15) is 5.60 Å². The number of hydrogen-bond donors (Lipinski definition) is 0. The molecule has 0 N–H and O–H groups in total. The maximum atomic E-state index is 5.48. The Balaban J connectivity index is 4.03. The normalized spacial score (nSPS) is 15.6. The van der Waals surface area contributed by atoms with Gasteiger partial charge >= 0.3 is 0 Å². The minimum atomic E-state index is -0.342. The fraction of sp³-hybridized carbons (Fsp3) is 0.833. The molecule has 3 nitrogen and oxygen atoms in total. The summed E-state index contributed by atoms with van der Waals surface area (Å²) < 4.78 is 5.48. The van der Waals surface area contributed by atoms with Crippen LogP contribution in [0.2, 0.25) is 0 Å². The van der Waals surface area contributed by atoms with Crippen molar-refractivity contribution in [1.29, 1.82) is 0 Å². The topological polar surface area (TPSA) is 27.7 Å². The maximum Gasteiger partial charge on any atom is 0.101 e. The highest BCUT2D eigenvalue weighted by molar-refractivity contribution is 6.16. The standard InChI is InChI=1S/C12H26O3Si/c1-10(13-7-8-16)9-12(5,6)15-14-11(2,3)4/h7-8,10H,9H2,1-6,16H3. The second-order valence-corrected chi connectivity index (χ2v) is 6.33. The first kappa shape index (κ1) is 15.7. The molecule has 0 rings (SSSR count). The summed E-state index contributed by atoms with van der Waals surface area (Å²) in [7, 11) is 1.02. The van der Waals surface area contributed by atoms with Crippen LogP contribution in [0.5, 0.6) is 0 Å². The van der Waals surface area contributed by atoms with Crippen LogP contribution in [0.25, 0.3) is 0 Å². The van der Waals surface area contributed by atoms with Gasteiger partial charge in [0.15, 0.2) is 0 Å². The first-order chi connectivity index (χ1) is 7.16. The van der Waals surface area contributed by atoms with Crippen molar-refractivity contribution in [2.24, 2.45) is 0 Å². The quantitative estimate of drug-likeness (QED) is 0.311. The molecule has 1 unspecified atom stereocenters. The van der Waals surface area contributed by atoms with Crippen molar-refractivity contribution in [1.82, 2.24) is 0 Å². The summed E-state index contributed by atoms with van der Waals surface area (Å²) in [6.07, 6.45) is 2.68. The van der Waals surface area contributed by atoms with Crippen molar-refractivity contribution in [2.75, 3.05) is 0 Å². The first-order valence-electron chi connectivity index (χ1n) is 5.80. The Morgan fingerprint density at radius 3 is 2.12 bits per heavy atom. The van der Waals surface area contributed by atoms with E-state index in [1.807, 2.05) is 47.2 Å². The van der Waals surface area contributed by atoms with E-state index in [1.165, 1.54) is 0 Å². The van der Waals surface area contributed by atoms with E-state index < -0.39 is 0 Å². The molecule has 0 radical (unpaired) electrons. The van der Waals surface area contributed by atoms with Crippen LogP contribution < -0.4 is 0 Å². The lowest BCUT2D eigenvalue weighted by Crippen LogP contribution is -2.33. The zero-order valence-corrected chi connectivity index (χ0v) is 13.7. The monoisotopic (exact) mass is 246 g/mol. The molecule has 0 heterocycles. The van der Waals surface area contributed by atoms with Crippen molar-refractivity contribution in [2.45, 2.75) is 65.3 Å². The lowest BCUT2D eigenvalue weighted by Gasteiger charge is -2.30. The Kier molecular flexibility index (Phi) is 6.29. The average molecular weight is 246 g/mol. The van der Waals surface area contributed by atoms with Crippen molar-refractivity contribution in [3.63, 3.8) is 0 Å². The lowest BCUT2D eigenvalue weighted by atomic mass is 10.0. The third-order valence-corrected chi connectivity index (χ3v) is 2.02. The average Bonchev–Trinajstić information content (AvgIpc) is 2.10. The van der Waals surface area contributed by atoms with Gasteiger partial charge in [-0.2, -0.15) is 0 Å². The number of hydrogen-bond acceptors (Lipinski definition) is 3. The summed E-state index contributed by atoms with van der Waals surface area (Å²) in [6, 6.07) is 0. The molecular formula is C12H26O3Si. The van der Waals surface area contributed by atoms with Gasteiger partial charge in [-0.3, -0.25) is 0 Å². The molecule has 0 saturated heterocycles. The van der Waals surface area contributed by atoms with Gasteiger partial charge in [0.25, 0.3) is 0 Å². The van der Waals surface area contributed by atoms with Crippen LogP contribution in [0, 0.1) is 0 Å². The highest BCUT2D eigenvalue weighted by atomic mass is 28.1. The molecule has 4 heteroatoms. The van der Waals surface area contributed by atoms with Crippen LogP contribution in [0.1, 0.15) is 48.0 Å². The summed E-state index contributed by atoms with van der Waals surface area (Å²) in [5, 5.41) is 0. The fourth-order valence-corrected chi connectivity index (χ4v) is 1.38. The van der Waals surface area contributed by atoms with Crippen LogP contribution in [0.15, 0.2) is 12.0 Å². The molecule has 0 aliphatic rings. The Morgan fingerprint density at radius 2 is 1.69 bits per heavy atom. The largest absolute Gasteiger partial charge is 0.499 e. The maximum absolute atomic E-state index is 5.48. The highest BCUT2D eigenvalue weighted by Crippen LogP contribution is 2.22. The van der Waals surface area contributed by atoms with E-state index in [9.17, 15) is 0 Å². The van der Waals surface area contributed by atoms with E-state index in [0.29, 0.717) is 0 Å². The predicted octanol–water partition coefficient (Wildman–Crippen LogP) is 2.14. The van der Waals surface area contributed by atoms with Gasteiger partial charge in [0, 0.05) is 16.7 Å². The number of rotatable bonds is 6. The van der Waals surface area contributed by atoms with Crippen LogP contribution in [0.4, 0.5) is 0 Å². The Hall–Kier alpha value is -0.323. The minimum absolute atomic E-state index is 0.128. The summed E-state index contributed by atoms with van der Waals surface area (Å²) in [5.41, 5.74) is 1.39. The molecular weight excluding hydrogens is 220 g/mol. The van der Waals surface area contributed by atoms with E-state index >= 15 is 0 Å².